The summed E-state index contributed by atoms with van der Waals surface area (Å²) in [6.07, 6.45) is 1.36. The van der Waals surface area contributed by atoms with Crippen LogP contribution < -0.4 is 14.8 Å². The number of carbonyl (C=O) groups is 2. The largest absolute Gasteiger partial charge is 0.454 e. The molecule has 2 aliphatic rings. The quantitative estimate of drug-likeness (QED) is 0.812. The summed E-state index contributed by atoms with van der Waals surface area (Å²) in [5.41, 5.74) is 2.96. The first-order valence-corrected chi connectivity index (χ1v) is 10.9. The number of fused-ring (bicyclic) bond motifs is 1. The topological polar surface area (TPSA) is 67.9 Å². The molecular formula is C25H30N2O4. The molecule has 0 atom stereocenters. The normalized spacial score (nSPS) is 16.3. The van der Waals surface area contributed by atoms with Gasteiger partial charge >= 0.3 is 0 Å². The molecule has 0 saturated carbocycles. The minimum Gasteiger partial charge on any atom is -0.454 e. The molecule has 2 aliphatic heterocycles. The molecule has 6 nitrogen and oxygen atoms in total. The van der Waals surface area contributed by atoms with Crippen molar-refractivity contribution in [3.8, 4) is 11.5 Å². The second kappa shape index (κ2) is 8.61. The van der Waals surface area contributed by atoms with Gasteiger partial charge in [0, 0.05) is 31.1 Å². The molecule has 2 amide bonds. The molecule has 1 saturated heterocycles. The highest BCUT2D eigenvalue weighted by Crippen LogP contribution is 2.32. The number of hydrogen-bond acceptors (Lipinski definition) is 4. The molecule has 0 bridgehead atoms. The van der Waals surface area contributed by atoms with Gasteiger partial charge in [0.1, 0.15) is 0 Å². The van der Waals surface area contributed by atoms with Crippen LogP contribution in [0.5, 0.6) is 11.5 Å². The monoisotopic (exact) mass is 422 g/mol. The fourth-order valence-electron chi connectivity index (χ4n) is 4.02. The lowest BCUT2D eigenvalue weighted by molar-refractivity contribution is -0.126. The van der Waals surface area contributed by atoms with Crippen LogP contribution in [-0.4, -0.2) is 36.6 Å². The molecule has 31 heavy (non-hydrogen) atoms. The standard InChI is InChI=1S/C25H30N2O4/c1-25(2,3)20-7-5-19(6-8-20)24(29)27-12-10-18(11-13-27)23(28)26-15-17-4-9-21-22(14-17)31-16-30-21/h4-9,14,18H,10-13,15-16H2,1-3H3,(H,26,28). The van der Waals surface area contributed by atoms with Crippen LogP contribution >= 0.6 is 0 Å². The highest BCUT2D eigenvalue weighted by atomic mass is 16.7. The maximum Gasteiger partial charge on any atom is 0.253 e. The van der Waals surface area contributed by atoms with Gasteiger partial charge < -0.3 is 19.7 Å². The van der Waals surface area contributed by atoms with Crippen LogP contribution in [0.1, 0.15) is 55.1 Å². The zero-order chi connectivity index (χ0) is 22.0. The van der Waals surface area contributed by atoms with E-state index in [4.69, 9.17) is 9.47 Å². The SMILES string of the molecule is CC(C)(C)c1ccc(C(=O)N2CCC(C(=O)NCc3ccc4c(c3)OCO4)CC2)cc1. The summed E-state index contributed by atoms with van der Waals surface area (Å²) in [4.78, 5) is 27.3. The molecule has 6 heteroatoms. The van der Waals surface area contributed by atoms with Gasteiger partial charge in [-0.15, -0.1) is 0 Å². The Morgan fingerprint density at radius 2 is 1.68 bits per heavy atom. The summed E-state index contributed by atoms with van der Waals surface area (Å²) < 4.78 is 10.7. The van der Waals surface area contributed by atoms with Crippen molar-refractivity contribution in [3.63, 3.8) is 0 Å². The zero-order valence-electron chi connectivity index (χ0n) is 18.4. The highest BCUT2D eigenvalue weighted by molar-refractivity contribution is 5.94. The molecule has 0 aromatic heterocycles. The number of carbonyl (C=O) groups excluding carboxylic acids is 2. The second-order valence-corrected chi connectivity index (χ2v) is 9.30. The number of piperidine rings is 1. The number of benzene rings is 2. The first kappa shape index (κ1) is 21.2. The molecule has 0 radical (unpaired) electrons. The molecule has 1 N–H and O–H groups in total. The number of nitrogens with one attached hydrogen (secondary N) is 1. The van der Waals surface area contributed by atoms with E-state index in [1.54, 1.807) is 0 Å². The van der Waals surface area contributed by atoms with Crippen molar-refractivity contribution < 1.29 is 19.1 Å². The third-order valence-electron chi connectivity index (χ3n) is 6.05. The number of nitrogens with zero attached hydrogens (tertiary/aromatic N) is 1. The van der Waals surface area contributed by atoms with Gasteiger partial charge in [0.25, 0.3) is 5.91 Å². The van der Waals surface area contributed by atoms with E-state index in [2.05, 4.69) is 26.1 Å². The lowest BCUT2D eigenvalue weighted by Crippen LogP contribution is -2.42. The maximum absolute atomic E-state index is 12.8. The molecule has 2 aromatic carbocycles. The Balaban J connectivity index is 1.27. The Bertz CT molecular complexity index is 954. The van der Waals surface area contributed by atoms with Crippen LogP contribution in [0.2, 0.25) is 0 Å². The minimum atomic E-state index is -0.0682. The molecule has 0 unspecified atom stereocenters. The van der Waals surface area contributed by atoms with Crippen molar-refractivity contribution in [1.82, 2.24) is 10.2 Å². The number of rotatable bonds is 4. The van der Waals surface area contributed by atoms with Crippen molar-refractivity contribution in [2.75, 3.05) is 19.9 Å². The molecule has 4 rings (SSSR count). The Labute approximate surface area is 183 Å². The van der Waals surface area contributed by atoms with E-state index >= 15 is 0 Å². The first-order valence-electron chi connectivity index (χ1n) is 10.9. The summed E-state index contributed by atoms with van der Waals surface area (Å²) in [6, 6.07) is 13.6. The number of amides is 2. The van der Waals surface area contributed by atoms with Gasteiger partial charge in [0.2, 0.25) is 12.7 Å². The maximum atomic E-state index is 12.8. The first-order chi connectivity index (χ1) is 14.8. The molecule has 0 aliphatic carbocycles. The molecule has 0 spiro atoms. The van der Waals surface area contributed by atoms with E-state index in [0.717, 1.165) is 11.3 Å². The second-order valence-electron chi connectivity index (χ2n) is 9.30. The number of likely N-dealkylation sites (tertiary alicyclic amines) is 1. The van der Waals surface area contributed by atoms with Crippen molar-refractivity contribution in [1.29, 1.82) is 0 Å². The van der Waals surface area contributed by atoms with E-state index in [1.807, 2.05) is 47.4 Å². The fourth-order valence-corrected chi connectivity index (χ4v) is 4.02. The van der Waals surface area contributed by atoms with Crippen LogP contribution in [0.25, 0.3) is 0 Å². The summed E-state index contributed by atoms with van der Waals surface area (Å²) >= 11 is 0. The van der Waals surface area contributed by atoms with Gasteiger partial charge in [-0.3, -0.25) is 9.59 Å². The van der Waals surface area contributed by atoms with Crippen LogP contribution in [-0.2, 0) is 16.8 Å². The van der Waals surface area contributed by atoms with Gasteiger partial charge in [-0.25, -0.2) is 0 Å². The van der Waals surface area contributed by atoms with Gasteiger partial charge in [-0.1, -0.05) is 39.0 Å². The summed E-state index contributed by atoms with van der Waals surface area (Å²) in [5.74, 6) is 1.47. The summed E-state index contributed by atoms with van der Waals surface area (Å²) in [6.45, 7) is 8.37. The minimum absolute atomic E-state index is 0.0410. The van der Waals surface area contributed by atoms with E-state index in [1.165, 1.54) is 5.56 Å². The van der Waals surface area contributed by atoms with Crippen LogP contribution in [0.4, 0.5) is 0 Å². The van der Waals surface area contributed by atoms with E-state index in [9.17, 15) is 9.59 Å². The summed E-state index contributed by atoms with van der Waals surface area (Å²) in [5, 5.41) is 3.02. The van der Waals surface area contributed by atoms with Gasteiger partial charge in [0.05, 0.1) is 0 Å². The number of ether oxygens (including phenoxy) is 2. The van der Waals surface area contributed by atoms with E-state index in [0.29, 0.717) is 43.8 Å². The molecule has 164 valence electrons. The van der Waals surface area contributed by atoms with Gasteiger partial charge in [-0.05, 0) is 53.6 Å². The number of hydrogen-bond donors (Lipinski definition) is 1. The fraction of sp³-hybridized carbons (Fsp3) is 0.440. The van der Waals surface area contributed by atoms with E-state index in [-0.39, 0.29) is 29.9 Å². The van der Waals surface area contributed by atoms with Crippen LogP contribution in [0, 0.1) is 5.92 Å². The molecule has 2 heterocycles. The van der Waals surface area contributed by atoms with Crippen LogP contribution in [0.3, 0.4) is 0 Å². The lowest BCUT2D eigenvalue weighted by atomic mass is 9.86. The summed E-state index contributed by atoms with van der Waals surface area (Å²) in [7, 11) is 0. The van der Waals surface area contributed by atoms with Gasteiger partial charge in [0.15, 0.2) is 11.5 Å². The van der Waals surface area contributed by atoms with Crippen molar-refractivity contribution in [3.05, 3.63) is 59.2 Å². The zero-order valence-corrected chi connectivity index (χ0v) is 18.4. The Kier molecular flexibility index (Phi) is 5.90. The average molecular weight is 423 g/mol. The van der Waals surface area contributed by atoms with Crippen molar-refractivity contribution >= 4 is 11.8 Å². The Morgan fingerprint density at radius 1 is 1.00 bits per heavy atom. The van der Waals surface area contributed by atoms with Crippen molar-refractivity contribution in [2.24, 2.45) is 5.92 Å². The highest BCUT2D eigenvalue weighted by Gasteiger charge is 2.28. The van der Waals surface area contributed by atoms with Crippen LogP contribution in [0.15, 0.2) is 42.5 Å². The Hall–Kier alpha value is -3.02. The molecule has 1 fully saturated rings. The van der Waals surface area contributed by atoms with Crippen molar-refractivity contribution in [2.45, 2.75) is 45.6 Å². The average Bonchev–Trinajstić information content (AvgIpc) is 3.24. The molecular weight excluding hydrogens is 392 g/mol. The molecule has 2 aromatic rings. The van der Waals surface area contributed by atoms with Gasteiger partial charge in [-0.2, -0.15) is 0 Å². The lowest BCUT2D eigenvalue weighted by Gasteiger charge is -2.31. The third kappa shape index (κ3) is 4.84. The van der Waals surface area contributed by atoms with E-state index < -0.39 is 0 Å². The smallest absolute Gasteiger partial charge is 0.253 e. The third-order valence-corrected chi connectivity index (χ3v) is 6.05. The predicted molar refractivity (Wildman–Crippen MR) is 118 cm³/mol. The Morgan fingerprint density at radius 3 is 2.35 bits per heavy atom. The predicted octanol–water partition coefficient (Wildman–Crippen LogP) is 3.88.